The quantitative estimate of drug-likeness (QED) is 0.639. The molecule has 1 saturated heterocycles. The van der Waals surface area contributed by atoms with Crippen molar-refractivity contribution < 1.29 is 13.5 Å². The Hall–Kier alpha value is -0.670. The van der Waals surface area contributed by atoms with E-state index >= 15 is 0 Å². The Balaban J connectivity index is 2.39. The van der Waals surface area contributed by atoms with Gasteiger partial charge in [0, 0.05) is 12.0 Å². The van der Waals surface area contributed by atoms with Gasteiger partial charge in [-0.3, -0.25) is 0 Å². The topological polar surface area (TPSA) is 9.23 Å². The maximum atomic E-state index is 13.2. The highest BCUT2D eigenvalue weighted by atomic mass is 35.5. The third-order valence-electron chi connectivity index (χ3n) is 2.09. The largest absolute Gasteiger partial charge is 0.373 e. The number of halogens is 3. The van der Waals surface area contributed by atoms with Crippen molar-refractivity contribution in [1.29, 1.82) is 0 Å². The minimum absolute atomic E-state index is 0.194. The van der Waals surface area contributed by atoms with Gasteiger partial charge in [0.15, 0.2) is 0 Å². The van der Waals surface area contributed by atoms with Gasteiger partial charge in [-0.05, 0) is 12.1 Å². The fourth-order valence-corrected chi connectivity index (χ4v) is 1.42. The molecule has 0 radical (unpaired) electrons. The number of benzene rings is 1. The maximum absolute atomic E-state index is 13.2. The zero-order valence-electron chi connectivity index (χ0n) is 6.69. The fraction of sp³-hybridized carbons (Fsp3) is 0.333. The Morgan fingerprint density at radius 3 is 2.54 bits per heavy atom. The lowest BCUT2D eigenvalue weighted by molar-refractivity contribution is -0.0547. The Morgan fingerprint density at radius 1 is 1.31 bits per heavy atom. The molecule has 0 bridgehead atoms. The minimum atomic E-state index is -0.603. The zero-order valence-corrected chi connectivity index (χ0v) is 7.44. The Kier molecular flexibility index (Phi) is 2.22. The van der Waals surface area contributed by atoms with Gasteiger partial charge < -0.3 is 4.74 Å². The van der Waals surface area contributed by atoms with Gasteiger partial charge in [0.1, 0.15) is 11.6 Å². The summed E-state index contributed by atoms with van der Waals surface area (Å²) in [5.41, 5.74) is 0.258. The van der Waals surface area contributed by atoms with Crippen LogP contribution in [0.2, 0.25) is 5.02 Å². The standard InChI is InChI=1S/C9H7ClF2O/c10-6-4-7(11)5(3-8(6)12)9-1-2-13-9/h3-4,9H,1-2H2/t9-/m1/s1. The van der Waals surface area contributed by atoms with E-state index in [0.29, 0.717) is 6.61 Å². The molecule has 0 amide bonds. The van der Waals surface area contributed by atoms with Crippen molar-refractivity contribution in [1.82, 2.24) is 0 Å². The first-order valence-electron chi connectivity index (χ1n) is 3.94. The summed E-state index contributed by atoms with van der Waals surface area (Å²) in [6.07, 6.45) is 0.435. The summed E-state index contributed by atoms with van der Waals surface area (Å²) in [4.78, 5) is 0. The van der Waals surface area contributed by atoms with Gasteiger partial charge >= 0.3 is 0 Å². The van der Waals surface area contributed by atoms with Crippen LogP contribution in [-0.4, -0.2) is 6.61 Å². The number of hydrogen-bond acceptors (Lipinski definition) is 1. The van der Waals surface area contributed by atoms with Crippen molar-refractivity contribution in [2.24, 2.45) is 0 Å². The van der Waals surface area contributed by atoms with E-state index in [-0.39, 0.29) is 16.7 Å². The second-order valence-corrected chi connectivity index (χ2v) is 3.34. The van der Waals surface area contributed by atoms with Crippen molar-refractivity contribution >= 4 is 11.6 Å². The molecule has 0 spiro atoms. The maximum Gasteiger partial charge on any atom is 0.142 e. The van der Waals surface area contributed by atoms with Crippen LogP contribution in [0.4, 0.5) is 8.78 Å². The van der Waals surface area contributed by atoms with Crippen LogP contribution in [0.5, 0.6) is 0 Å². The molecule has 1 nitrogen and oxygen atoms in total. The minimum Gasteiger partial charge on any atom is -0.373 e. The highest BCUT2D eigenvalue weighted by Crippen LogP contribution is 2.33. The lowest BCUT2D eigenvalue weighted by Gasteiger charge is -2.27. The van der Waals surface area contributed by atoms with Crippen molar-refractivity contribution in [3.63, 3.8) is 0 Å². The predicted octanol–water partition coefficient (Wildman–Crippen LogP) is 3.08. The third-order valence-corrected chi connectivity index (χ3v) is 2.38. The molecule has 1 aliphatic rings. The highest BCUT2D eigenvalue weighted by Gasteiger charge is 2.24. The van der Waals surface area contributed by atoms with Gasteiger partial charge in [-0.1, -0.05) is 11.6 Å². The Bertz CT molecular complexity index is 337. The molecule has 1 aliphatic heterocycles. The van der Waals surface area contributed by atoms with Crippen LogP contribution in [0.25, 0.3) is 0 Å². The second-order valence-electron chi connectivity index (χ2n) is 2.94. The smallest absolute Gasteiger partial charge is 0.142 e. The van der Waals surface area contributed by atoms with Gasteiger partial charge in [-0.15, -0.1) is 0 Å². The summed E-state index contributed by atoms with van der Waals surface area (Å²) in [6.45, 7) is 0.606. The van der Waals surface area contributed by atoms with Crippen LogP contribution in [0.1, 0.15) is 18.1 Å². The predicted molar refractivity (Wildman–Crippen MR) is 44.7 cm³/mol. The van der Waals surface area contributed by atoms with Crippen LogP contribution in [0.3, 0.4) is 0 Å². The van der Waals surface area contributed by atoms with Gasteiger partial charge in [-0.25, -0.2) is 8.78 Å². The summed E-state index contributed by atoms with van der Waals surface area (Å²) in [7, 11) is 0. The monoisotopic (exact) mass is 204 g/mol. The van der Waals surface area contributed by atoms with Crippen LogP contribution in [0.15, 0.2) is 12.1 Å². The van der Waals surface area contributed by atoms with Crippen LogP contribution >= 0.6 is 11.6 Å². The molecule has 0 aliphatic carbocycles. The van der Waals surface area contributed by atoms with Crippen molar-refractivity contribution in [2.75, 3.05) is 6.61 Å². The summed E-state index contributed by atoms with van der Waals surface area (Å²) < 4.78 is 31.1. The van der Waals surface area contributed by atoms with Gasteiger partial charge in [0.05, 0.1) is 17.7 Å². The lowest BCUT2D eigenvalue weighted by Crippen LogP contribution is -2.19. The molecular weight excluding hydrogens is 198 g/mol. The Labute approximate surface area is 79.3 Å². The van der Waals surface area contributed by atoms with E-state index in [2.05, 4.69) is 0 Å². The van der Waals surface area contributed by atoms with Crippen LogP contribution in [0, 0.1) is 11.6 Å². The Morgan fingerprint density at radius 2 is 2.00 bits per heavy atom. The normalized spacial score (nSPS) is 21.3. The van der Waals surface area contributed by atoms with E-state index < -0.39 is 11.6 Å². The summed E-state index contributed by atoms with van der Waals surface area (Å²) in [6, 6.07) is 2.08. The summed E-state index contributed by atoms with van der Waals surface area (Å²) >= 11 is 5.40. The average Bonchev–Trinajstić information content (AvgIpc) is 1.96. The molecule has 1 heterocycles. The number of ether oxygens (including phenoxy) is 1. The molecule has 1 atom stereocenters. The van der Waals surface area contributed by atoms with E-state index in [9.17, 15) is 8.78 Å². The molecule has 0 aromatic heterocycles. The van der Waals surface area contributed by atoms with Crippen molar-refractivity contribution in [3.05, 3.63) is 34.4 Å². The number of hydrogen-bond donors (Lipinski definition) is 0. The molecule has 0 unspecified atom stereocenters. The first kappa shape index (κ1) is 8.91. The van der Waals surface area contributed by atoms with Crippen LogP contribution < -0.4 is 0 Å². The van der Waals surface area contributed by atoms with E-state index in [0.717, 1.165) is 18.6 Å². The molecule has 1 aromatic carbocycles. The fourth-order valence-electron chi connectivity index (χ4n) is 1.27. The molecule has 4 heteroatoms. The molecular formula is C9H7ClF2O. The van der Waals surface area contributed by atoms with Crippen LogP contribution in [-0.2, 0) is 4.74 Å². The number of rotatable bonds is 1. The molecule has 70 valence electrons. The zero-order chi connectivity index (χ0) is 9.42. The second kappa shape index (κ2) is 3.24. The van der Waals surface area contributed by atoms with E-state index in [1.807, 2.05) is 0 Å². The molecule has 13 heavy (non-hydrogen) atoms. The van der Waals surface area contributed by atoms with Crippen molar-refractivity contribution in [2.45, 2.75) is 12.5 Å². The van der Waals surface area contributed by atoms with E-state index in [4.69, 9.17) is 16.3 Å². The van der Waals surface area contributed by atoms with E-state index in [1.54, 1.807) is 0 Å². The molecule has 1 aromatic rings. The SMILES string of the molecule is Fc1cc([C@H]2CCO2)c(F)cc1Cl. The van der Waals surface area contributed by atoms with E-state index in [1.165, 1.54) is 0 Å². The lowest BCUT2D eigenvalue weighted by atomic mass is 10.0. The molecule has 1 fully saturated rings. The summed E-state index contributed by atoms with van der Waals surface area (Å²) in [5.74, 6) is -1.11. The van der Waals surface area contributed by atoms with Gasteiger partial charge in [0.2, 0.25) is 0 Å². The molecule has 0 saturated carbocycles. The summed E-state index contributed by atoms with van der Waals surface area (Å²) in [5, 5.41) is -0.194. The molecule has 2 rings (SSSR count). The van der Waals surface area contributed by atoms with Crippen molar-refractivity contribution in [3.8, 4) is 0 Å². The third kappa shape index (κ3) is 1.54. The molecule has 0 N–H and O–H groups in total. The van der Waals surface area contributed by atoms with Gasteiger partial charge in [-0.2, -0.15) is 0 Å². The highest BCUT2D eigenvalue weighted by molar-refractivity contribution is 6.30. The first-order valence-corrected chi connectivity index (χ1v) is 4.32. The van der Waals surface area contributed by atoms with Gasteiger partial charge in [0.25, 0.3) is 0 Å². The average molecular weight is 205 g/mol. The first-order chi connectivity index (χ1) is 6.18.